The summed E-state index contributed by atoms with van der Waals surface area (Å²) in [6, 6.07) is 8.04. The van der Waals surface area contributed by atoms with Crippen LogP contribution in [0.4, 0.5) is 23.1 Å². The van der Waals surface area contributed by atoms with Crippen LogP contribution < -0.4 is 26.4 Å². The van der Waals surface area contributed by atoms with E-state index in [1.165, 1.54) is 6.92 Å². The van der Waals surface area contributed by atoms with Crippen LogP contribution in [0.3, 0.4) is 0 Å². The Kier molecular flexibility index (Phi) is 12.5. The molecule has 4 aliphatic rings. The van der Waals surface area contributed by atoms with Crippen LogP contribution >= 0.6 is 0 Å². The number of carbonyl (C=O) groups is 5. The first-order chi connectivity index (χ1) is 31.5. The molecule has 9 rings (SSSR count). The Labute approximate surface area is 375 Å². The Bertz CT molecular complexity index is 2720. The second-order valence-corrected chi connectivity index (χ2v) is 17.4. The van der Waals surface area contributed by atoms with Gasteiger partial charge >= 0.3 is 0 Å². The Morgan fingerprint density at radius 1 is 0.892 bits per heavy atom. The molecule has 7 heterocycles. The van der Waals surface area contributed by atoms with Crippen molar-refractivity contribution < 1.29 is 24.0 Å². The summed E-state index contributed by atoms with van der Waals surface area (Å²) in [5.41, 5.74) is 4.14. The highest BCUT2D eigenvalue weighted by molar-refractivity contribution is 6.25. The van der Waals surface area contributed by atoms with Crippen LogP contribution in [0.5, 0.6) is 0 Å². The van der Waals surface area contributed by atoms with E-state index in [2.05, 4.69) is 46.0 Å². The van der Waals surface area contributed by atoms with Crippen LogP contribution in [0.15, 0.2) is 53.7 Å². The summed E-state index contributed by atoms with van der Waals surface area (Å²) < 4.78 is 3.61. The van der Waals surface area contributed by atoms with Crippen molar-refractivity contribution in [1.82, 2.24) is 49.6 Å². The average Bonchev–Trinajstić information content (AvgIpc) is 4.05. The summed E-state index contributed by atoms with van der Waals surface area (Å²) in [5.74, 6) is -1.37. The average molecular weight is 884 g/mol. The van der Waals surface area contributed by atoms with Crippen LogP contribution in [-0.4, -0.2) is 112 Å². The number of unbranched alkanes of at least 4 members (excludes halogenated alkanes) is 3. The number of piperazine rings is 1. The second kappa shape index (κ2) is 18.7. The lowest BCUT2D eigenvalue weighted by atomic mass is 10.0. The lowest BCUT2D eigenvalue weighted by Crippen LogP contribution is -2.54. The Hall–Kier alpha value is -6.89. The zero-order valence-electron chi connectivity index (χ0n) is 36.7. The van der Waals surface area contributed by atoms with Gasteiger partial charge in [-0.25, -0.2) is 9.97 Å². The number of piperidine rings is 1. The van der Waals surface area contributed by atoms with Crippen molar-refractivity contribution in [2.45, 2.75) is 103 Å². The molecule has 2 saturated heterocycles. The molecule has 1 aromatic carbocycles. The highest BCUT2D eigenvalue weighted by atomic mass is 16.2. The van der Waals surface area contributed by atoms with Gasteiger partial charge in [-0.3, -0.25) is 53.1 Å². The van der Waals surface area contributed by atoms with Gasteiger partial charge in [0.2, 0.25) is 17.8 Å². The van der Waals surface area contributed by atoms with E-state index in [0.29, 0.717) is 40.6 Å². The molecule has 1 unspecified atom stereocenters. The summed E-state index contributed by atoms with van der Waals surface area (Å²) in [7, 11) is 0. The minimum Gasteiger partial charge on any atom is -0.384 e. The fourth-order valence-electron chi connectivity index (χ4n) is 9.62. The molecule has 1 atom stereocenters. The lowest BCUT2D eigenvalue weighted by Gasteiger charge is -2.35. The van der Waals surface area contributed by atoms with E-state index in [9.17, 15) is 28.8 Å². The first-order valence-electron chi connectivity index (χ1n) is 22.6. The van der Waals surface area contributed by atoms with E-state index in [1.807, 2.05) is 29.2 Å². The number of imide groups is 2. The first-order valence-corrected chi connectivity index (χ1v) is 22.6. The van der Waals surface area contributed by atoms with Gasteiger partial charge in [-0.05, 0) is 75.8 Å². The van der Waals surface area contributed by atoms with Crippen LogP contribution in [0.1, 0.15) is 120 Å². The summed E-state index contributed by atoms with van der Waals surface area (Å²) in [4.78, 5) is 96.2. The number of hydrogen-bond acceptors (Lipinski definition) is 15. The van der Waals surface area contributed by atoms with Crippen LogP contribution in [0.25, 0.3) is 11.0 Å². The van der Waals surface area contributed by atoms with Crippen molar-refractivity contribution in [3.8, 4) is 0 Å². The van der Waals surface area contributed by atoms with Crippen molar-refractivity contribution in [1.29, 1.82) is 0 Å². The molecule has 1 saturated carbocycles. The van der Waals surface area contributed by atoms with Gasteiger partial charge < -0.3 is 15.5 Å². The number of rotatable bonds is 16. The first kappa shape index (κ1) is 43.4. The maximum absolute atomic E-state index is 13.6. The predicted octanol–water partition coefficient (Wildman–Crippen LogP) is 4.54. The summed E-state index contributed by atoms with van der Waals surface area (Å²) in [6.07, 6.45) is 13.3. The number of ketones is 1. The molecule has 3 aliphatic heterocycles. The van der Waals surface area contributed by atoms with E-state index in [1.54, 1.807) is 35.9 Å². The molecule has 3 N–H and O–H groups in total. The Morgan fingerprint density at radius 2 is 1.69 bits per heavy atom. The molecule has 3 fully saturated rings. The highest BCUT2D eigenvalue weighted by Gasteiger charge is 2.45. The fraction of sp³-hybridized carbons (Fsp3) is 0.457. The number of hydrogen-bond donors (Lipinski definition) is 3. The monoisotopic (exact) mass is 883 g/mol. The minimum absolute atomic E-state index is 0.00362. The predicted molar refractivity (Wildman–Crippen MR) is 241 cm³/mol. The van der Waals surface area contributed by atoms with E-state index in [0.717, 1.165) is 107 Å². The molecule has 0 spiro atoms. The molecule has 65 heavy (non-hydrogen) atoms. The zero-order chi connectivity index (χ0) is 45.2. The van der Waals surface area contributed by atoms with Gasteiger partial charge in [-0.1, -0.05) is 37.0 Å². The summed E-state index contributed by atoms with van der Waals surface area (Å²) in [5, 5.41) is 18.3. The number of fused-ring (bicyclic) bond motifs is 2. The fourth-order valence-corrected chi connectivity index (χ4v) is 9.62. The van der Waals surface area contributed by atoms with Crippen molar-refractivity contribution in [3.63, 3.8) is 0 Å². The molecule has 4 amide bonds. The van der Waals surface area contributed by atoms with Gasteiger partial charge in [-0.2, -0.15) is 4.98 Å². The van der Waals surface area contributed by atoms with Gasteiger partial charge in [0.15, 0.2) is 5.78 Å². The quantitative estimate of drug-likeness (QED) is 0.0703. The number of nitrogens with zero attached hydrogens (tertiary/aromatic N) is 10. The molecular formula is C46H53N13O6. The third-order valence-electron chi connectivity index (χ3n) is 13.0. The van der Waals surface area contributed by atoms with Crippen molar-refractivity contribution >= 4 is 63.6 Å². The topological polar surface area (TPSA) is 223 Å². The Balaban J connectivity index is 0.701. The van der Waals surface area contributed by atoms with Gasteiger partial charge in [0.1, 0.15) is 17.5 Å². The maximum atomic E-state index is 13.6. The SMILES string of the molecule is CC(=O)c1c(C)c2cnc(Nc3ccc(N4CCN(Cc5cn(CCCCCCNc6cccc7c6C(=O)N(C6CCC(=O)NC6=O)C7=O)nn5)CC4)cn3)nc2n(C2CCCC2)c1=O. The molecule has 19 nitrogen and oxygen atoms in total. The van der Waals surface area contributed by atoms with Crippen LogP contribution in [0.2, 0.25) is 0 Å². The molecule has 1 aliphatic carbocycles. The van der Waals surface area contributed by atoms with Crippen LogP contribution in [0, 0.1) is 6.92 Å². The van der Waals surface area contributed by atoms with Gasteiger partial charge in [-0.15, -0.1) is 5.10 Å². The molecule has 338 valence electrons. The molecule has 19 heteroatoms. The van der Waals surface area contributed by atoms with E-state index in [4.69, 9.17) is 4.98 Å². The number of nitrogens with one attached hydrogen (secondary N) is 3. The number of pyridine rings is 2. The minimum atomic E-state index is -0.993. The third kappa shape index (κ3) is 8.96. The molecular weight excluding hydrogens is 831 g/mol. The second-order valence-electron chi connectivity index (χ2n) is 17.4. The van der Waals surface area contributed by atoms with E-state index in [-0.39, 0.29) is 46.9 Å². The summed E-state index contributed by atoms with van der Waals surface area (Å²) >= 11 is 0. The lowest BCUT2D eigenvalue weighted by molar-refractivity contribution is -0.136. The third-order valence-corrected chi connectivity index (χ3v) is 13.0. The number of benzene rings is 1. The smallest absolute Gasteiger partial charge is 0.264 e. The van der Waals surface area contributed by atoms with E-state index < -0.39 is 29.7 Å². The van der Waals surface area contributed by atoms with Crippen molar-refractivity contribution in [3.05, 3.63) is 87.2 Å². The zero-order valence-corrected chi connectivity index (χ0v) is 36.7. The number of amides is 4. The number of anilines is 4. The van der Waals surface area contributed by atoms with E-state index >= 15 is 0 Å². The van der Waals surface area contributed by atoms with Gasteiger partial charge in [0, 0.05) is 81.7 Å². The van der Waals surface area contributed by atoms with Crippen LogP contribution in [-0.2, 0) is 22.7 Å². The highest BCUT2D eigenvalue weighted by Crippen LogP contribution is 2.34. The molecule has 4 aromatic heterocycles. The number of Topliss-reactive ketones (excluding diaryl/α,β-unsaturated/α-hetero) is 1. The normalized spacial score (nSPS) is 18.2. The molecule has 5 aromatic rings. The van der Waals surface area contributed by atoms with Gasteiger partial charge in [0.25, 0.3) is 17.4 Å². The number of aromatic nitrogens is 7. The number of carbonyl (C=O) groups excluding carboxylic acids is 5. The van der Waals surface area contributed by atoms with Crippen molar-refractivity contribution in [2.75, 3.05) is 48.3 Å². The van der Waals surface area contributed by atoms with Gasteiger partial charge in [0.05, 0.1) is 34.3 Å². The summed E-state index contributed by atoms with van der Waals surface area (Å²) in [6.45, 7) is 8.75. The Morgan fingerprint density at radius 3 is 2.45 bits per heavy atom. The number of aryl methyl sites for hydroxylation is 2. The standard InChI is InChI=1S/C46H53N13O6/c1-28-34-25-49-46(52-41(34)58(31-10-5-6-11-31)44(64)39(28)29(2)60)50-37-16-14-32(24-48-37)56-22-20-55(21-23-56)26-30-27-57(54-53-30)19-8-4-3-7-18-47-35-13-9-12-33-40(35)45(65)59(43(33)63)36-15-17-38(61)51-42(36)62/h9,12-14,16,24-25,27,31,36,47H,3-8,10-11,15,17-23,26H2,1-2H3,(H,51,61,62)(H,48,49,50,52). The molecule has 0 bridgehead atoms. The van der Waals surface area contributed by atoms with Crippen molar-refractivity contribution in [2.24, 2.45) is 0 Å². The molecule has 0 radical (unpaired) electrons. The maximum Gasteiger partial charge on any atom is 0.264 e. The largest absolute Gasteiger partial charge is 0.384 e.